The Balaban J connectivity index is 1.99. The molecule has 0 bridgehead atoms. The van der Waals surface area contributed by atoms with E-state index in [0.29, 0.717) is 29.4 Å². The summed E-state index contributed by atoms with van der Waals surface area (Å²) in [7, 11) is 1.35. The zero-order valence-corrected chi connectivity index (χ0v) is 13.8. The molecule has 0 saturated carbocycles. The first-order valence-corrected chi connectivity index (χ1v) is 7.82. The lowest BCUT2D eigenvalue weighted by Crippen LogP contribution is -2.30. The van der Waals surface area contributed by atoms with Gasteiger partial charge in [-0.2, -0.15) is 12.6 Å². The van der Waals surface area contributed by atoms with Gasteiger partial charge in [0.25, 0.3) is 0 Å². The summed E-state index contributed by atoms with van der Waals surface area (Å²) in [5.74, 6) is 1.49. The predicted octanol–water partition coefficient (Wildman–Crippen LogP) is 2.93. The highest BCUT2D eigenvalue weighted by Crippen LogP contribution is 2.24. The van der Waals surface area contributed by atoms with E-state index in [0.717, 1.165) is 5.69 Å². The molecule has 0 aliphatic heterocycles. The number of nitrogens with two attached hydrogens (primary N) is 1. The molecule has 0 aliphatic rings. The Morgan fingerprint density at radius 3 is 2.61 bits per heavy atom. The summed E-state index contributed by atoms with van der Waals surface area (Å²) in [4.78, 5) is 11.5. The Morgan fingerprint density at radius 2 is 1.96 bits per heavy atom. The Hall–Kier alpha value is -2.18. The van der Waals surface area contributed by atoms with Gasteiger partial charge in [-0.05, 0) is 42.5 Å². The van der Waals surface area contributed by atoms with Crippen molar-refractivity contribution < 1.29 is 14.3 Å². The third-order valence-electron chi connectivity index (χ3n) is 3.15. The average Bonchev–Trinajstić information content (AvgIpc) is 2.60. The van der Waals surface area contributed by atoms with Gasteiger partial charge in [0.05, 0.1) is 12.7 Å². The first-order valence-electron chi connectivity index (χ1n) is 7.19. The number of hydrogen-bond acceptors (Lipinski definition) is 6. The fourth-order valence-corrected chi connectivity index (χ4v) is 2.02. The van der Waals surface area contributed by atoms with Crippen LogP contribution in [0.3, 0.4) is 0 Å². The van der Waals surface area contributed by atoms with Crippen molar-refractivity contribution in [3.8, 4) is 11.5 Å². The van der Waals surface area contributed by atoms with Crippen molar-refractivity contribution in [1.29, 1.82) is 0 Å². The molecule has 2 aromatic rings. The number of benzene rings is 2. The lowest BCUT2D eigenvalue weighted by atomic mass is 10.2. The minimum Gasteiger partial charge on any atom is -0.465 e. The maximum atomic E-state index is 11.5. The van der Waals surface area contributed by atoms with Gasteiger partial charge in [-0.1, -0.05) is 6.07 Å². The van der Waals surface area contributed by atoms with E-state index in [1.807, 2.05) is 24.3 Å². The number of thiol groups is 1. The molecule has 5 nitrogen and oxygen atoms in total. The Morgan fingerprint density at radius 1 is 1.22 bits per heavy atom. The molecule has 0 amide bonds. The van der Waals surface area contributed by atoms with Crippen molar-refractivity contribution in [2.24, 2.45) is 5.73 Å². The SMILES string of the molecule is COC(=O)c1cccc(Oc2ccc(NC[C@@H](N)CS)cc2)c1. The van der Waals surface area contributed by atoms with Gasteiger partial charge in [-0.25, -0.2) is 4.79 Å². The fraction of sp³-hybridized carbons (Fsp3) is 0.235. The number of nitrogens with one attached hydrogen (secondary N) is 1. The van der Waals surface area contributed by atoms with E-state index in [4.69, 9.17) is 15.2 Å². The average molecular weight is 332 g/mol. The molecular weight excluding hydrogens is 312 g/mol. The van der Waals surface area contributed by atoms with Crippen molar-refractivity contribution in [2.75, 3.05) is 24.7 Å². The van der Waals surface area contributed by atoms with E-state index in [9.17, 15) is 4.79 Å². The third-order valence-corrected chi connectivity index (χ3v) is 3.62. The number of rotatable bonds is 7. The van der Waals surface area contributed by atoms with Gasteiger partial charge in [0.1, 0.15) is 11.5 Å². The molecule has 1 atom stereocenters. The van der Waals surface area contributed by atoms with Crippen molar-refractivity contribution in [3.05, 3.63) is 54.1 Å². The lowest BCUT2D eigenvalue weighted by Gasteiger charge is -2.12. The van der Waals surface area contributed by atoms with Crippen LogP contribution in [0.2, 0.25) is 0 Å². The number of methoxy groups -OCH3 is 1. The van der Waals surface area contributed by atoms with Crippen LogP contribution in [-0.4, -0.2) is 31.4 Å². The zero-order valence-electron chi connectivity index (χ0n) is 12.9. The fourth-order valence-electron chi connectivity index (χ4n) is 1.89. The van der Waals surface area contributed by atoms with Crippen LogP contribution in [0.15, 0.2) is 48.5 Å². The van der Waals surface area contributed by atoms with Gasteiger partial charge in [-0.3, -0.25) is 0 Å². The van der Waals surface area contributed by atoms with E-state index in [2.05, 4.69) is 17.9 Å². The van der Waals surface area contributed by atoms with Gasteiger partial charge in [0.15, 0.2) is 0 Å². The van der Waals surface area contributed by atoms with Crippen molar-refractivity contribution in [2.45, 2.75) is 6.04 Å². The monoisotopic (exact) mass is 332 g/mol. The number of ether oxygens (including phenoxy) is 2. The second-order valence-electron chi connectivity index (χ2n) is 4.97. The van der Waals surface area contributed by atoms with E-state index < -0.39 is 5.97 Å². The quantitative estimate of drug-likeness (QED) is 0.537. The minimum absolute atomic E-state index is 0.00956. The van der Waals surface area contributed by atoms with Crippen LogP contribution in [0.1, 0.15) is 10.4 Å². The van der Waals surface area contributed by atoms with Crippen molar-refractivity contribution in [1.82, 2.24) is 0 Å². The first kappa shape index (κ1) is 17.2. The number of anilines is 1. The second-order valence-corrected chi connectivity index (χ2v) is 5.33. The molecule has 0 unspecified atom stereocenters. The molecule has 122 valence electrons. The van der Waals surface area contributed by atoms with Gasteiger partial charge < -0.3 is 20.5 Å². The zero-order chi connectivity index (χ0) is 16.7. The third kappa shape index (κ3) is 5.19. The number of carbonyl (C=O) groups excluding carboxylic acids is 1. The van der Waals surface area contributed by atoms with Gasteiger partial charge >= 0.3 is 5.97 Å². The highest BCUT2D eigenvalue weighted by atomic mass is 32.1. The van der Waals surface area contributed by atoms with Crippen LogP contribution in [0.4, 0.5) is 5.69 Å². The molecular formula is C17H20N2O3S. The van der Waals surface area contributed by atoms with Crippen LogP contribution < -0.4 is 15.8 Å². The molecule has 0 saturated heterocycles. The summed E-state index contributed by atoms with van der Waals surface area (Å²) in [6.45, 7) is 0.658. The van der Waals surface area contributed by atoms with Gasteiger partial charge in [0, 0.05) is 24.0 Å². The molecule has 2 aromatic carbocycles. The Labute approximate surface area is 141 Å². The van der Waals surface area contributed by atoms with Crippen LogP contribution in [0, 0.1) is 0 Å². The molecule has 3 N–H and O–H groups in total. The second kappa shape index (κ2) is 8.45. The Kier molecular flexibility index (Phi) is 6.31. The summed E-state index contributed by atoms with van der Waals surface area (Å²) in [5.41, 5.74) is 7.21. The summed E-state index contributed by atoms with van der Waals surface area (Å²) in [6.07, 6.45) is 0. The molecule has 0 radical (unpaired) electrons. The molecule has 23 heavy (non-hydrogen) atoms. The van der Waals surface area contributed by atoms with Crippen LogP contribution in [0.5, 0.6) is 11.5 Å². The lowest BCUT2D eigenvalue weighted by molar-refractivity contribution is 0.0600. The Bertz CT molecular complexity index is 647. The molecule has 0 aliphatic carbocycles. The summed E-state index contributed by atoms with van der Waals surface area (Å²) in [6, 6.07) is 14.4. The summed E-state index contributed by atoms with van der Waals surface area (Å²) >= 11 is 4.15. The van der Waals surface area contributed by atoms with Crippen LogP contribution in [-0.2, 0) is 4.74 Å². The highest BCUT2D eigenvalue weighted by molar-refractivity contribution is 7.80. The predicted molar refractivity (Wildman–Crippen MR) is 94.6 cm³/mol. The van der Waals surface area contributed by atoms with E-state index in [1.54, 1.807) is 24.3 Å². The van der Waals surface area contributed by atoms with Crippen molar-refractivity contribution >= 4 is 24.3 Å². The standard InChI is InChI=1S/C17H20N2O3S/c1-21-17(20)12-3-2-4-16(9-12)22-15-7-5-14(6-8-15)19-10-13(18)11-23/h2-9,13,19,23H,10-11,18H2,1H3/t13-/m1/s1. The van der Waals surface area contributed by atoms with Gasteiger partial charge in [0.2, 0.25) is 0 Å². The number of hydrogen-bond donors (Lipinski definition) is 3. The maximum absolute atomic E-state index is 11.5. The molecule has 0 aromatic heterocycles. The number of esters is 1. The van der Waals surface area contributed by atoms with Gasteiger partial charge in [-0.15, -0.1) is 0 Å². The number of carbonyl (C=O) groups is 1. The first-order chi connectivity index (χ1) is 11.1. The molecule has 2 rings (SSSR count). The minimum atomic E-state index is -0.393. The molecule has 0 heterocycles. The smallest absolute Gasteiger partial charge is 0.337 e. The summed E-state index contributed by atoms with van der Waals surface area (Å²) in [5, 5.41) is 3.23. The highest BCUT2D eigenvalue weighted by Gasteiger charge is 2.07. The maximum Gasteiger partial charge on any atom is 0.337 e. The van der Waals surface area contributed by atoms with E-state index in [-0.39, 0.29) is 6.04 Å². The van der Waals surface area contributed by atoms with Crippen LogP contribution in [0.25, 0.3) is 0 Å². The largest absolute Gasteiger partial charge is 0.465 e. The topological polar surface area (TPSA) is 73.6 Å². The molecule has 0 spiro atoms. The van der Waals surface area contributed by atoms with Crippen LogP contribution >= 0.6 is 12.6 Å². The van der Waals surface area contributed by atoms with Crippen molar-refractivity contribution in [3.63, 3.8) is 0 Å². The normalized spacial score (nSPS) is 11.6. The van der Waals surface area contributed by atoms with E-state index >= 15 is 0 Å². The summed E-state index contributed by atoms with van der Waals surface area (Å²) < 4.78 is 10.4. The van der Waals surface area contributed by atoms with E-state index in [1.165, 1.54) is 7.11 Å². The molecule has 0 fully saturated rings. The molecule has 6 heteroatoms.